The molecule has 0 aliphatic rings. The molecular formula is C14H19NO. The van der Waals surface area contributed by atoms with Crippen LogP contribution >= 0.6 is 0 Å². The highest BCUT2D eigenvalue weighted by molar-refractivity contribution is 6.04. The Morgan fingerprint density at radius 1 is 1.31 bits per heavy atom. The molecule has 1 aromatic rings. The van der Waals surface area contributed by atoms with E-state index in [1.165, 1.54) is 0 Å². The molecule has 0 aromatic heterocycles. The number of hydrogen-bond donors (Lipinski definition) is 0. The summed E-state index contributed by atoms with van der Waals surface area (Å²) in [5, 5.41) is 0. The largest absolute Gasteiger partial charge is 0.309 e. The maximum atomic E-state index is 12.0. The van der Waals surface area contributed by atoms with E-state index in [1.807, 2.05) is 30.3 Å². The molecule has 0 radical (unpaired) electrons. The van der Waals surface area contributed by atoms with E-state index in [-0.39, 0.29) is 5.91 Å². The van der Waals surface area contributed by atoms with Crippen molar-refractivity contribution < 1.29 is 4.79 Å². The zero-order chi connectivity index (χ0) is 12.0. The summed E-state index contributed by atoms with van der Waals surface area (Å²) in [7, 11) is 0. The summed E-state index contributed by atoms with van der Waals surface area (Å²) in [6.07, 6.45) is 2.08. The fourth-order valence-corrected chi connectivity index (χ4v) is 1.50. The third-order valence-corrected chi connectivity index (χ3v) is 2.41. The number of rotatable bonds is 5. The van der Waals surface area contributed by atoms with Gasteiger partial charge in [0.15, 0.2) is 0 Å². The molecule has 0 bridgehead atoms. The summed E-state index contributed by atoms with van der Waals surface area (Å²) in [5.41, 5.74) is 1.53. The first-order valence-corrected chi connectivity index (χ1v) is 5.69. The number of carbonyl (C=O) groups excluding carboxylic acids is 1. The Morgan fingerprint density at radius 3 is 2.44 bits per heavy atom. The molecule has 0 heterocycles. The molecule has 16 heavy (non-hydrogen) atoms. The second-order valence-corrected chi connectivity index (χ2v) is 3.93. The third kappa shape index (κ3) is 3.23. The summed E-state index contributed by atoms with van der Waals surface area (Å²) in [5.74, 6) is 0.0136. The summed E-state index contributed by atoms with van der Waals surface area (Å²) >= 11 is 0. The lowest BCUT2D eigenvalue weighted by Crippen LogP contribution is -2.32. The van der Waals surface area contributed by atoms with Gasteiger partial charge in [-0.1, -0.05) is 38.1 Å². The minimum Gasteiger partial charge on any atom is -0.309 e. The fraction of sp³-hybridized carbons (Fsp3) is 0.357. The average molecular weight is 217 g/mol. The summed E-state index contributed by atoms with van der Waals surface area (Å²) in [4.78, 5) is 13.8. The first-order chi connectivity index (χ1) is 7.66. The van der Waals surface area contributed by atoms with Gasteiger partial charge in [0.1, 0.15) is 0 Å². The Kier molecular flexibility index (Phi) is 4.77. The van der Waals surface area contributed by atoms with Crippen LogP contribution in [0.4, 0.5) is 5.69 Å². The van der Waals surface area contributed by atoms with Crippen molar-refractivity contribution in [2.24, 2.45) is 0 Å². The molecule has 86 valence electrons. The first kappa shape index (κ1) is 12.5. The molecule has 0 aliphatic heterocycles. The molecule has 0 saturated heterocycles. The van der Waals surface area contributed by atoms with Crippen LogP contribution in [0, 0.1) is 0 Å². The third-order valence-electron chi connectivity index (χ3n) is 2.41. The van der Waals surface area contributed by atoms with Crippen LogP contribution in [0.1, 0.15) is 26.7 Å². The maximum Gasteiger partial charge on any atom is 0.253 e. The van der Waals surface area contributed by atoms with E-state index >= 15 is 0 Å². The molecule has 0 unspecified atom stereocenters. The van der Waals surface area contributed by atoms with Crippen molar-refractivity contribution in [1.82, 2.24) is 0 Å². The number of hydrogen-bond acceptors (Lipinski definition) is 1. The van der Waals surface area contributed by atoms with Gasteiger partial charge in [-0.15, -0.1) is 0 Å². The number of benzene rings is 1. The van der Waals surface area contributed by atoms with E-state index in [0.717, 1.165) is 25.1 Å². The van der Waals surface area contributed by atoms with Crippen molar-refractivity contribution in [3.63, 3.8) is 0 Å². The Bertz CT molecular complexity index is 356. The summed E-state index contributed by atoms with van der Waals surface area (Å²) in [6, 6.07) is 9.75. The normalized spacial score (nSPS) is 9.88. The van der Waals surface area contributed by atoms with Crippen LogP contribution in [-0.2, 0) is 4.79 Å². The van der Waals surface area contributed by atoms with Crippen molar-refractivity contribution >= 4 is 11.6 Å². The smallest absolute Gasteiger partial charge is 0.253 e. The van der Waals surface area contributed by atoms with Gasteiger partial charge >= 0.3 is 0 Å². The number of amides is 1. The molecule has 0 N–H and O–H groups in total. The standard InChI is InChI=1S/C14H19NO/c1-4-5-11-15(14(16)12(2)3)13-9-7-6-8-10-13/h6-10H,2,4-5,11H2,1,3H3. The number of nitrogens with zero attached hydrogens (tertiary/aromatic N) is 1. The van der Waals surface area contributed by atoms with Gasteiger partial charge in [-0.2, -0.15) is 0 Å². The zero-order valence-corrected chi connectivity index (χ0v) is 10.1. The van der Waals surface area contributed by atoms with Crippen molar-refractivity contribution in [2.45, 2.75) is 26.7 Å². The molecule has 0 saturated carbocycles. The molecular weight excluding hydrogens is 198 g/mol. The molecule has 1 aromatic carbocycles. The molecule has 0 fully saturated rings. The predicted molar refractivity (Wildman–Crippen MR) is 68.5 cm³/mol. The second-order valence-electron chi connectivity index (χ2n) is 3.93. The van der Waals surface area contributed by atoms with Gasteiger partial charge in [0, 0.05) is 17.8 Å². The predicted octanol–water partition coefficient (Wildman–Crippen LogP) is 3.40. The Morgan fingerprint density at radius 2 is 1.94 bits per heavy atom. The van der Waals surface area contributed by atoms with Crippen LogP contribution in [0.25, 0.3) is 0 Å². The quantitative estimate of drug-likeness (QED) is 0.692. The Balaban J connectivity index is 2.87. The molecule has 0 spiro atoms. The molecule has 2 nitrogen and oxygen atoms in total. The van der Waals surface area contributed by atoms with Crippen molar-refractivity contribution in [3.8, 4) is 0 Å². The zero-order valence-electron chi connectivity index (χ0n) is 10.1. The number of carbonyl (C=O) groups is 1. The average Bonchev–Trinajstić information content (AvgIpc) is 2.30. The SMILES string of the molecule is C=C(C)C(=O)N(CCCC)c1ccccc1. The lowest BCUT2D eigenvalue weighted by molar-refractivity contribution is -0.115. The van der Waals surface area contributed by atoms with Gasteiger partial charge in [0.25, 0.3) is 5.91 Å². The van der Waals surface area contributed by atoms with Gasteiger partial charge < -0.3 is 4.90 Å². The lowest BCUT2D eigenvalue weighted by atomic mass is 10.2. The Labute approximate surface area is 97.6 Å². The number of para-hydroxylation sites is 1. The maximum absolute atomic E-state index is 12.0. The summed E-state index contributed by atoms with van der Waals surface area (Å²) < 4.78 is 0. The van der Waals surface area contributed by atoms with Gasteiger partial charge in [-0.05, 0) is 25.5 Å². The van der Waals surface area contributed by atoms with E-state index in [1.54, 1.807) is 11.8 Å². The van der Waals surface area contributed by atoms with Crippen LogP contribution in [0.15, 0.2) is 42.5 Å². The van der Waals surface area contributed by atoms with E-state index in [4.69, 9.17) is 0 Å². The second kappa shape index (κ2) is 6.11. The molecule has 1 rings (SSSR count). The van der Waals surface area contributed by atoms with Crippen LogP contribution in [0.2, 0.25) is 0 Å². The molecule has 1 amide bonds. The van der Waals surface area contributed by atoms with E-state index in [9.17, 15) is 4.79 Å². The molecule has 0 atom stereocenters. The topological polar surface area (TPSA) is 20.3 Å². The minimum absolute atomic E-state index is 0.0136. The minimum atomic E-state index is 0.0136. The van der Waals surface area contributed by atoms with Gasteiger partial charge in [0.2, 0.25) is 0 Å². The fourth-order valence-electron chi connectivity index (χ4n) is 1.50. The monoisotopic (exact) mass is 217 g/mol. The number of anilines is 1. The van der Waals surface area contributed by atoms with Crippen molar-refractivity contribution in [3.05, 3.63) is 42.5 Å². The van der Waals surface area contributed by atoms with Crippen LogP contribution in [-0.4, -0.2) is 12.5 Å². The van der Waals surface area contributed by atoms with E-state index < -0.39 is 0 Å². The van der Waals surface area contributed by atoms with Crippen molar-refractivity contribution in [1.29, 1.82) is 0 Å². The molecule has 0 aliphatic carbocycles. The van der Waals surface area contributed by atoms with Crippen LogP contribution < -0.4 is 4.90 Å². The first-order valence-electron chi connectivity index (χ1n) is 5.69. The van der Waals surface area contributed by atoms with Gasteiger partial charge in [0.05, 0.1) is 0 Å². The summed E-state index contributed by atoms with van der Waals surface area (Å²) in [6.45, 7) is 8.35. The van der Waals surface area contributed by atoms with Crippen LogP contribution in [0.3, 0.4) is 0 Å². The highest BCUT2D eigenvalue weighted by atomic mass is 16.2. The highest BCUT2D eigenvalue weighted by Crippen LogP contribution is 2.16. The van der Waals surface area contributed by atoms with Crippen LogP contribution in [0.5, 0.6) is 0 Å². The van der Waals surface area contributed by atoms with Gasteiger partial charge in [-0.3, -0.25) is 4.79 Å². The highest BCUT2D eigenvalue weighted by Gasteiger charge is 2.14. The molecule has 2 heteroatoms. The Hall–Kier alpha value is -1.57. The van der Waals surface area contributed by atoms with Crippen molar-refractivity contribution in [2.75, 3.05) is 11.4 Å². The number of unbranched alkanes of at least 4 members (excludes halogenated alkanes) is 1. The van der Waals surface area contributed by atoms with E-state index in [2.05, 4.69) is 13.5 Å². The lowest BCUT2D eigenvalue weighted by Gasteiger charge is -2.22. The van der Waals surface area contributed by atoms with Gasteiger partial charge in [-0.25, -0.2) is 0 Å². The van der Waals surface area contributed by atoms with E-state index in [0.29, 0.717) is 5.57 Å².